The molecule has 0 spiro atoms. The van der Waals surface area contributed by atoms with Crippen LogP contribution in [0, 0.1) is 10.8 Å². The summed E-state index contributed by atoms with van der Waals surface area (Å²) < 4.78 is 71.6. The second-order valence-electron chi connectivity index (χ2n) is 27.9. The fourth-order valence-electron chi connectivity index (χ4n) is 14.0. The normalized spacial score (nSPS) is 19.7. The smallest absolute Gasteiger partial charge is 0.179 e. The summed E-state index contributed by atoms with van der Waals surface area (Å²) in [7, 11) is 10.0. The molecule has 0 fully saturated rings. The molecule has 4 aromatic rings. The number of aliphatic hydroxyl groups is 2. The van der Waals surface area contributed by atoms with Crippen molar-refractivity contribution in [3.8, 4) is 11.5 Å². The van der Waals surface area contributed by atoms with Gasteiger partial charge in [0.1, 0.15) is 11.5 Å². The summed E-state index contributed by atoms with van der Waals surface area (Å²) in [5.41, 5.74) is 3.58. The Morgan fingerprint density at radius 2 is 0.744 bits per heavy atom. The van der Waals surface area contributed by atoms with Crippen LogP contribution in [0.1, 0.15) is 203 Å². The summed E-state index contributed by atoms with van der Waals surface area (Å²) in [6.07, 6.45) is 19.8. The van der Waals surface area contributed by atoms with Crippen LogP contribution in [0.3, 0.4) is 0 Å². The number of hydrogen-bond acceptors (Lipinski definition) is 10. The quantitative estimate of drug-likeness (QED) is 0.0332. The first-order valence-corrected chi connectivity index (χ1v) is 36.7. The number of rotatable bonds is 37. The Morgan fingerprint density at radius 3 is 1.03 bits per heavy atom. The fraction of sp³-hybridized carbons (Fsp3) is 0.667. The van der Waals surface area contributed by atoms with Crippen LogP contribution in [0.4, 0.5) is 11.4 Å². The maximum absolute atomic E-state index is 14.3. The van der Waals surface area contributed by atoms with Crippen molar-refractivity contribution in [2.45, 2.75) is 203 Å². The van der Waals surface area contributed by atoms with Crippen LogP contribution in [0.2, 0.25) is 0 Å². The Morgan fingerprint density at radius 1 is 0.442 bits per heavy atom. The predicted octanol–water partition coefficient (Wildman–Crippen LogP) is 14.6. The van der Waals surface area contributed by atoms with Crippen LogP contribution in [-0.4, -0.2) is 156 Å². The van der Waals surface area contributed by atoms with Gasteiger partial charge in [-0.3, -0.25) is 0 Å². The number of unbranched alkanes of at least 4 members (excludes halogenated alkanes) is 11. The van der Waals surface area contributed by atoms with Gasteiger partial charge >= 0.3 is 0 Å². The number of benzene rings is 4. The van der Waals surface area contributed by atoms with E-state index in [1.165, 1.54) is 38.8 Å². The molecule has 0 bridgehead atoms. The van der Waals surface area contributed by atoms with Gasteiger partial charge in [-0.05, 0) is 173 Å². The Hall–Kier alpha value is -4.18. The van der Waals surface area contributed by atoms with Crippen molar-refractivity contribution in [2.75, 3.05) is 117 Å². The number of sulfone groups is 2. The number of quaternary nitrogens is 2. The maximum atomic E-state index is 14.3. The highest BCUT2D eigenvalue weighted by Crippen LogP contribution is 2.52. The van der Waals surface area contributed by atoms with Gasteiger partial charge in [0.15, 0.2) is 19.7 Å². The molecule has 4 aromatic carbocycles. The highest BCUT2D eigenvalue weighted by molar-refractivity contribution is 7.91. The van der Waals surface area contributed by atoms with E-state index in [4.69, 9.17) is 9.47 Å². The average molecular weight is 1230 g/mol. The van der Waals surface area contributed by atoms with Gasteiger partial charge in [-0.2, -0.15) is 0 Å². The molecular weight excluding hydrogens is 1110 g/mol. The van der Waals surface area contributed by atoms with Gasteiger partial charge < -0.3 is 38.5 Å². The number of aliphatic hydroxyl groups excluding tert-OH is 2. The topological polar surface area (TPSA) is 134 Å². The van der Waals surface area contributed by atoms with Crippen molar-refractivity contribution in [1.82, 2.24) is 0 Å². The molecule has 0 radical (unpaired) electrons. The fourth-order valence-corrected chi connectivity index (χ4v) is 18.4. The van der Waals surface area contributed by atoms with Crippen molar-refractivity contribution in [2.24, 2.45) is 10.8 Å². The number of anilines is 2. The summed E-state index contributed by atoms with van der Waals surface area (Å²) in [6.45, 7) is 14.5. The van der Waals surface area contributed by atoms with Crippen LogP contribution in [0.5, 0.6) is 11.5 Å². The molecule has 6 rings (SSSR count). The maximum Gasteiger partial charge on any atom is 0.179 e. The molecule has 0 saturated carbocycles. The van der Waals surface area contributed by atoms with Crippen molar-refractivity contribution in [3.05, 3.63) is 107 Å². The molecule has 482 valence electrons. The Bertz CT molecular complexity index is 2690. The monoisotopic (exact) mass is 1230 g/mol. The number of ether oxygens (including phenoxy) is 2. The van der Waals surface area contributed by atoms with Crippen LogP contribution in [0.15, 0.2) is 94.7 Å². The molecule has 14 heteroatoms. The van der Waals surface area contributed by atoms with Gasteiger partial charge in [-0.1, -0.05) is 103 Å². The van der Waals surface area contributed by atoms with Crippen LogP contribution < -0.4 is 19.3 Å². The standard InChI is InChI=1S/C72H116N4O8S2/c1-13-17-43-71(44-18-14-2)55-85(79,80)65-41-35-59(73(5)6)53-63(65)67(69(71)77)57-31-37-61(38-32-57)83-51-29-23-27-49-75(9,10)47-25-21-22-26-48-76(11,12)50-28-24-30-52-84-62-39-33-58(34-40-62)68-64-54-60(74(7)8)36-42-66(64)86(81,82)56-72(70(68)78,45-19-15-3)46-20-16-4/h31-42,53-54,67-70,77-78H,13-30,43-52,55-56H2,1-12H3/q+2/t67-,68?,69-,70?/m1/s1. The number of fused-ring (bicyclic) bond motifs is 2. The molecule has 12 nitrogen and oxygen atoms in total. The zero-order valence-corrected chi connectivity index (χ0v) is 57.2. The highest BCUT2D eigenvalue weighted by atomic mass is 32.2. The van der Waals surface area contributed by atoms with E-state index < -0.39 is 54.5 Å². The van der Waals surface area contributed by atoms with Crippen molar-refractivity contribution >= 4 is 31.0 Å². The Labute approximate surface area is 523 Å². The van der Waals surface area contributed by atoms with Crippen molar-refractivity contribution in [1.29, 1.82) is 0 Å². The molecule has 86 heavy (non-hydrogen) atoms. The largest absolute Gasteiger partial charge is 0.494 e. The Balaban J connectivity index is 0.883. The van der Waals surface area contributed by atoms with E-state index in [1.807, 2.05) is 111 Å². The van der Waals surface area contributed by atoms with E-state index in [2.05, 4.69) is 55.9 Å². The lowest BCUT2D eigenvalue weighted by Crippen LogP contribution is -2.43. The first-order chi connectivity index (χ1) is 40.9. The third-order valence-electron chi connectivity index (χ3n) is 19.4. The van der Waals surface area contributed by atoms with Crippen LogP contribution in [-0.2, 0) is 19.7 Å². The van der Waals surface area contributed by atoms with Gasteiger partial charge in [0.05, 0.1) is 101 Å². The second kappa shape index (κ2) is 32.5. The summed E-state index contributed by atoms with van der Waals surface area (Å²) >= 11 is 0. The number of nitrogens with zero attached hydrogens (tertiary/aromatic N) is 4. The third kappa shape index (κ3) is 19.2. The number of hydrogen-bond donors (Lipinski definition) is 2. The van der Waals surface area contributed by atoms with Gasteiger partial charge in [-0.25, -0.2) is 16.8 Å². The van der Waals surface area contributed by atoms with Gasteiger partial charge in [0, 0.05) is 62.2 Å². The zero-order valence-electron chi connectivity index (χ0n) is 55.6. The lowest BCUT2D eigenvalue weighted by molar-refractivity contribution is -0.891. The van der Waals surface area contributed by atoms with E-state index in [9.17, 15) is 27.0 Å². The third-order valence-corrected chi connectivity index (χ3v) is 23.4. The highest BCUT2D eigenvalue weighted by Gasteiger charge is 2.51. The lowest BCUT2D eigenvalue weighted by atomic mass is 9.68. The summed E-state index contributed by atoms with van der Waals surface area (Å²) in [6, 6.07) is 27.4. The molecule has 2 heterocycles. The van der Waals surface area contributed by atoms with E-state index in [-0.39, 0.29) is 11.5 Å². The van der Waals surface area contributed by atoms with Crippen LogP contribution in [0.25, 0.3) is 0 Å². The predicted molar refractivity (Wildman–Crippen MR) is 358 cm³/mol. The van der Waals surface area contributed by atoms with Crippen molar-refractivity contribution < 1.29 is 45.5 Å². The molecule has 2 N–H and O–H groups in total. The first kappa shape index (κ1) is 70.9. The Kier molecular flexibility index (Phi) is 26.8. The van der Waals surface area contributed by atoms with E-state index in [1.54, 1.807) is 12.1 Å². The van der Waals surface area contributed by atoms with Gasteiger partial charge in [0.2, 0.25) is 0 Å². The molecule has 2 aliphatic heterocycles. The van der Waals surface area contributed by atoms with Crippen LogP contribution >= 0.6 is 0 Å². The second-order valence-corrected chi connectivity index (χ2v) is 31.8. The molecule has 0 saturated heterocycles. The average Bonchev–Trinajstić information content (AvgIpc) is 1.65. The van der Waals surface area contributed by atoms with E-state index in [0.717, 1.165) is 146 Å². The summed E-state index contributed by atoms with van der Waals surface area (Å²) in [4.78, 5) is 4.68. The molecule has 2 aliphatic rings. The van der Waals surface area contributed by atoms with Gasteiger partial charge in [-0.15, -0.1) is 0 Å². The van der Waals surface area contributed by atoms with E-state index >= 15 is 0 Å². The minimum atomic E-state index is -3.66. The van der Waals surface area contributed by atoms with Gasteiger partial charge in [0.25, 0.3) is 0 Å². The van der Waals surface area contributed by atoms with Crippen molar-refractivity contribution in [3.63, 3.8) is 0 Å². The minimum absolute atomic E-state index is 0.0317. The molecule has 4 atom stereocenters. The molecule has 0 amide bonds. The molecule has 0 aliphatic carbocycles. The first-order valence-electron chi connectivity index (χ1n) is 33.4. The molecule has 2 unspecified atom stereocenters. The molecular formula is C72H116N4O8S2+2. The zero-order chi connectivity index (χ0) is 62.8. The van der Waals surface area contributed by atoms with E-state index in [0.29, 0.717) is 59.8 Å². The molecule has 0 aromatic heterocycles. The minimum Gasteiger partial charge on any atom is -0.494 e. The SMILES string of the molecule is CCCCC1(CCCC)CS(=O)(=O)c2ccc(N(C)C)cc2C(c2ccc(OCCCCC[N+](C)(C)CCCCCC[N+](C)(C)CCCCCOc3ccc([C@@H]4c5cc(N(C)C)ccc5S(=O)(=O)CC(CCCC)(CCCC)[C@@H]4O)cc3)cc2)C1O. The summed E-state index contributed by atoms with van der Waals surface area (Å²) in [5.74, 6) is 0.574. The lowest BCUT2D eigenvalue weighted by Gasteiger charge is -2.40. The summed E-state index contributed by atoms with van der Waals surface area (Å²) in [5, 5.41) is 25.1.